The van der Waals surface area contributed by atoms with Crippen molar-refractivity contribution in [2.45, 2.75) is 32.3 Å². The molecule has 0 unspecified atom stereocenters. The van der Waals surface area contributed by atoms with Gasteiger partial charge in [-0.25, -0.2) is 0 Å². The van der Waals surface area contributed by atoms with Gasteiger partial charge in [-0.2, -0.15) is 11.8 Å². The second-order valence-corrected chi connectivity index (χ2v) is 10.9. The van der Waals surface area contributed by atoms with Crippen molar-refractivity contribution in [3.8, 4) is 0 Å². The topological polar surface area (TPSA) is 0 Å². The molecule has 0 amide bonds. The van der Waals surface area contributed by atoms with E-state index in [1.165, 1.54) is 11.3 Å². The maximum absolute atomic E-state index is 2.39. The van der Waals surface area contributed by atoms with Crippen molar-refractivity contribution in [1.82, 2.24) is 0 Å². The molecule has 78 valence electrons. The van der Waals surface area contributed by atoms with Gasteiger partial charge in [-0.05, 0) is 11.3 Å². The Morgan fingerprint density at radius 2 is 1.64 bits per heavy atom. The molecule has 0 spiro atoms. The molecule has 0 atom stereocenters. The van der Waals surface area contributed by atoms with Crippen LogP contribution in [0, 0.1) is 0 Å². The molecule has 0 fully saturated rings. The molecule has 14 heavy (non-hydrogen) atoms. The van der Waals surface area contributed by atoms with Crippen molar-refractivity contribution < 1.29 is 0 Å². The second-order valence-electron chi connectivity index (χ2n) is 4.58. The minimum atomic E-state index is -1.09. The van der Waals surface area contributed by atoms with Crippen LogP contribution < -0.4 is 5.19 Å². The molecule has 0 heterocycles. The quantitative estimate of drug-likeness (QED) is 0.706. The van der Waals surface area contributed by atoms with Crippen molar-refractivity contribution in [3.63, 3.8) is 0 Å². The second kappa shape index (κ2) is 5.03. The molecule has 0 aliphatic carbocycles. The van der Waals surface area contributed by atoms with Gasteiger partial charge in [-0.3, -0.25) is 0 Å². The van der Waals surface area contributed by atoms with E-state index in [2.05, 4.69) is 50.8 Å². The first-order valence-corrected chi connectivity index (χ1v) is 9.86. The summed E-state index contributed by atoms with van der Waals surface area (Å²) in [6.07, 6.45) is 0. The van der Waals surface area contributed by atoms with Crippen molar-refractivity contribution >= 4 is 25.0 Å². The van der Waals surface area contributed by atoms with Crippen LogP contribution in [-0.4, -0.2) is 13.8 Å². The van der Waals surface area contributed by atoms with Gasteiger partial charge in [0, 0.05) is 5.75 Å². The summed E-state index contributed by atoms with van der Waals surface area (Å²) >= 11 is 1.99. The number of rotatable bonds is 4. The number of hydrogen-bond acceptors (Lipinski definition) is 1. The molecule has 0 nitrogen and oxygen atoms in total. The average molecular weight is 224 g/mol. The van der Waals surface area contributed by atoms with Gasteiger partial charge in [0.2, 0.25) is 0 Å². The zero-order valence-electron chi connectivity index (χ0n) is 9.63. The fraction of sp³-hybridized carbons (Fsp3) is 0.500. The fourth-order valence-corrected chi connectivity index (χ4v) is 3.12. The monoisotopic (exact) mass is 224 g/mol. The minimum absolute atomic E-state index is 1.09. The summed E-state index contributed by atoms with van der Waals surface area (Å²) in [6, 6.07) is 9.21. The molecular formula is C12H20SSi. The molecule has 2 heteroatoms. The summed E-state index contributed by atoms with van der Waals surface area (Å²) in [7, 11) is -1.09. The van der Waals surface area contributed by atoms with Crippen molar-refractivity contribution in [2.75, 3.05) is 5.75 Å². The highest BCUT2D eigenvalue weighted by molar-refractivity contribution is 7.98. The Labute approximate surface area is 93.1 Å². The van der Waals surface area contributed by atoms with Crippen LogP contribution in [0.2, 0.25) is 19.6 Å². The predicted molar refractivity (Wildman–Crippen MR) is 71.3 cm³/mol. The summed E-state index contributed by atoms with van der Waals surface area (Å²) in [5.41, 5.74) is 1.46. The molecule has 1 aromatic carbocycles. The van der Waals surface area contributed by atoms with Crippen LogP contribution >= 0.6 is 11.8 Å². The Kier molecular flexibility index (Phi) is 4.26. The van der Waals surface area contributed by atoms with E-state index in [0.29, 0.717) is 0 Å². The van der Waals surface area contributed by atoms with Gasteiger partial charge in [0.05, 0.1) is 8.07 Å². The largest absolute Gasteiger partial charge is 0.157 e. The maximum atomic E-state index is 2.39. The van der Waals surface area contributed by atoms with Crippen molar-refractivity contribution in [2.24, 2.45) is 0 Å². The van der Waals surface area contributed by atoms with E-state index in [1.54, 1.807) is 5.19 Å². The average Bonchev–Trinajstić information content (AvgIpc) is 2.14. The lowest BCUT2D eigenvalue weighted by atomic mass is 10.2. The van der Waals surface area contributed by atoms with Gasteiger partial charge in [0.25, 0.3) is 0 Å². The lowest BCUT2D eigenvalue weighted by molar-refractivity contribution is 1.40. The van der Waals surface area contributed by atoms with E-state index in [1.807, 2.05) is 11.8 Å². The number of benzene rings is 1. The van der Waals surface area contributed by atoms with E-state index < -0.39 is 8.07 Å². The molecule has 0 N–H and O–H groups in total. The van der Waals surface area contributed by atoms with E-state index >= 15 is 0 Å². The van der Waals surface area contributed by atoms with Gasteiger partial charge in [0.15, 0.2) is 0 Å². The number of hydrogen-bond donors (Lipinski definition) is 0. The Hall–Kier alpha value is -0.213. The van der Waals surface area contributed by atoms with Crippen LogP contribution in [0.5, 0.6) is 0 Å². The van der Waals surface area contributed by atoms with Gasteiger partial charge in [0.1, 0.15) is 0 Å². The van der Waals surface area contributed by atoms with E-state index in [0.717, 1.165) is 5.75 Å². The normalized spacial score (nSPS) is 11.7. The van der Waals surface area contributed by atoms with E-state index in [9.17, 15) is 0 Å². The van der Waals surface area contributed by atoms with Crippen LogP contribution in [0.25, 0.3) is 0 Å². The standard InChI is InChI=1S/C12H20SSi/c1-5-13-10-11-6-8-12(9-7-11)14(2,3)4/h6-9H,5,10H2,1-4H3. The molecule has 0 bridgehead atoms. The molecule has 0 aliphatic heterocycles. The minimum Gasteiger partial charge on any atom is -0.157 e. The zero-order chi connectivity index (χ0) is 10.6. The summed E-state index contributed by atoms with van der Waals surface area (Å²) in [4.78, 5) is 0. The SMILES string of the molecule is CCSCc1ccc([Si](C)(C)C)cc1. The van der Waals surface area contributed by atoms with Crippen LogP contribution in [0.1, 0.15) is 12.5 Å². The Morgan fingerprint density at radius 1 is 1.07 bits per heavy atom. The Morgan fingerprint density at radius 3 is 2.07 bits per heavy atom. The molecule has 0 radical (unpaired) electrons. The molecule has 0 aromatic heterocycles. The summed E-state index contributed by atoms with van der Waals surface area (Å²) in [6.45, 7) is 9.38. The smallest absolute Gasteiger partial charge is 0.0775 e. The molecule has 0 aliphatic rings. The highest BCUT2D eigenvalue weighted by atomic mass is 32.2. The highest BCUT2D eigenvalue weighted by Gasteiger charge is 2.15. The highest BCUT2D eigenvalue weighted by Crippen LogP contribution is 2.11. The van der Waals surface area contributed by atoms with Crippen LogP contribution in [0.4, 0.5) is 0 Å². The van der Waals surface area contributed by atoms with Crippen molar-refractivity contribution in [1.29, 1.82) is 0 Å². The molecular weight excluding hydrogens is 204 g/mol. The first kappa shape index (κ1) is 11.9. The molecule has 0 saturated carbocycles. The van der Waals surface area contributed by atoms with Crippen LogP contribution in [-0.2, 0) is 5.75 Å². The van der Waals surface area contributed by atoms with Gasteiger partial charge in [-0.15, -0.1) is 0 Å². The number of thioether (sulfide) groups is 1. The van der Waals surface area contributed by atoms with Crippen LogP contribution in [0.3, 0.4) is 0 Å². The third-order valence-corrected chi connectivity index (χ3v) is 5.30. The fourth-order valence-electron chi connectivity index (χ4n) is 1.32. The summed E-state index contributed by atoms with van der Waals surface area (Å²) in [5.74, 6) is 2.36. The Balaban J connectivity index is 2.69. The summed E-state index contributed by atoms with van der Waals surface area (Å²) in [5, 5.41) is 1.56. The van der Waals surface area contributed by atoms with Gasteiger partial charge >= 0.3 is 0 Å². The lowest BCUT2D eigenvalue weighted by Gasteiger charge is -2.16. The predicted octanol–water partition coefficient (Wildman–Crippen LogP) is 3.48. The zero-order valence-corrected chi connectivity index (χ0v) is 11.4. The van der Waals surface area contributed by atoms with E-state index in [-0.39, 0.29) is 0 Å². The van der Waals surface area contributed by atoms with Crippen LogP contribution in [0.15, 0.2) is 24.3 Å². The van der Waals surface area contributed by atoms with E-state index in [4.69, 9.17) is 0 Å². The van der Waals surface area contributed by atoms with Gasteiger partial charge in [-0.1, -0.05) is 56.0 Å². The third kappa shape index (κ3) is 3.50. The lowest BCUT2D eigenvalue weighted by Crippen LogP contribution is -2.37. The van der Waals surface area contributed by atoms with Crippen molar-refractivity contribution in [3.05, 3.63) is 29.8 Å². The molecule has 0 saturated heterocycles. The first-order valence-electron chi connectivity index (χ1n) is 5.21. The molecule has 1 aromatic rings. The Bertz CT molecular complexity index is 271. The maximum Gasteiger partial charge on any atom is 0.0775 e. The third-order valence-electron chi connectivity index (χ3n) is 2.29. The molecule has 1 rings (SSSR count). The first-order chi connectivity index (χ1) is 6.54. The summed E-state index contributed by atoms with van der Waals surface area (Å²) < 4.78 is 0. The van der Waals surface area contributed by atoms with Gasteiger partial charge < -0.3 is 0 Å².